The van der Waals surface area contributed by atoms with E-state index < -0.39 is 17.3 Å². The molecule has 0 aliphatic heterocycles. The molecule has 0 atom stereocenters. The number of primary amides is 1. The Balaban J connectivity index is 2.46. The fourth-order valence-electron chi connectivity index (χ4n) is 2.28. The van der Waals surface area contributed by atoms with Gasteiger partial charge in [0.25, 0.3) is 5.91 Å². The van der Waals surface area contributed by atoms with E-state index in [9.17, 15) is 14.0 Å². The molecule has 1 amide bonds. The first-order valence-corrected chi connectivity index (χ1v) is 6.19. The molecular formula is C16H10FNO3. The number of fused-ring (bicyclic) bond motifs is 1. The van der Waals surface area contributed by atoms with Gasteiger partial charge in [-0.05, 0) is 23.8 Å². The summed E-state index contributed by atoms with van der Waals surface area (Å²) in [6.45, 7) is 0. The highest BCUT2D eigenvalue weighted by atomic mass is 19.1. The maximum Gasteiger partial charge on any atom is 0.344 e. The Morgan fingerprint density at radius 2 is 1.62 bits per heavy atom. The number of carbonyl (C=O) groups excluding carboxylic acids is 1. The minimum Gasteiger partial charge on any atom is -0.416 e. The van der Waals surface area contributed by atoms with E-state index in [1.165, 1.54) is 24.3 Å². The van der Waals surface area contributed by atoms with Crippen molar-refractivity contribution < 1.29 is 13.6 Å². The maximum absolute atomic E-state index is 13.1. The molecule has 0 aliphatic rings. The number of hydrogen-bond acceptors (Lipinski definition) is 3. The summed E-state index contributed by atoms with van der Waals surface area (Å²) in [5.41, 5.74) is 5.60. The molecule has 4 nitrogen and oxygen atoms in total. The molecular weight excluding hydrogens is 273 g/mol. The Morgan fingerprint density at radius 1 is 1.00 bits per heavy atom. The molecule has 104 valence electrons. The standard InChI is InChI=1S/C16H10FNO3/c17-10-7-5-9(6-8-10)13-11-3-1-2-4-12(11)16(20)21-14(13)15(18)19/h1-8H,(H2,18,19). The lowest BCUT2D eigenvalue weighted by Gasteiger charge is -2.09. The van der Waals surface area contributed by atoms with Gasteiger partial charge in [0.2, 0.25) is 5.76 Å². The Morgan fingerprint density at radius 3 is 2.24 bits per heavy atom. The van der Waals surface area contributed by atoms with Crippen molar-refractivity contribution in [3.8, 4) is 11.1 Å². The lowest BCUT2D eigenvalue weighted by Crippen LogP contribution is -2.16. The van der Waals surface area contributed by atoms with Gasteiger partial charge in [0.05, 0.1) is 5.39 Å². The summed E-state index contributed by atoms with van der Waals surface area (Å²) < 4.78 is 18.1. The summed E-state index contributed by atoms with van der Waals surface area (Å²) in [7, 11) is 0. The monoisotopic (exact) mass is 283 g/mol. The molecule has 0 saturated carbocycles. The van der Waals surface area contributed by atoms with Crippen molar-refractivity contribution >= 4 is 16.7 Å². The molecule has 0 bridgehead atoms. The summed E-state index contributed by atoms with van der Waals surface area (Å²) in [4.78, 5) is 23.5. The van der Waals surface area contributed by atoms with Crippen molar-refractivity contribution in [1.29, 1.82) is 0 Å². The third-order valence-electron chi connectivity index (χ3n) is 3.19. The maximum atomic E-state index is 13.1. The van der Waals surface area contributed by atoms with Gasteiger partial charge in [-0.2, -0.15) is 0 Å². The van der Waals surface area contributed by atoms with Gasteiger partial charge in [-0.1, -0.05) is 30.3 Å². The molecule has 0 radical (unpaired) electrons. The number of hydrogen-bond donors (Lipinski definition) is 1. The van der Waals surface area contributed by atoms with Crippen molar-refractivity contribution in [2.45, 2.75) is 0 Å². The quantitative estimate of drug-likeness (QED) is 0.785. The minimum absolute atomic E-state index is 0.231. The fraction of sp³-hybridized carbons (Fsp3) is 0. The number of benzene rings is 2. The van der Waals surface area contributed by atoms with Crippen LogP contribution in [0.4, 0.5) is 4.39 Å². The van der Waals surface area contributed by atoms with Crippen molar-refractivity contribution in [2.24, 2.45) is 5.73 Å². The Hall–Kier alpha value is -2.95. The molecule has 0 saturated heterocycles. The molecule has 3 rings (SSSR count). The number of halogens is 1. The van der Waals surface area contributed by atoms with Crippen LogP contribution >= 0.6 is 0 Å². The molecule has 5 heteroatoms. The van der Waals surface area contributed by atoms with Gasteiger partial charge in [-0.15, -0.1) is 0 Å². The Bertz CT molecular complexity index is 898. The fourth-order valence-corrected chi connectivity index (χ4v) is 2.28. The second kappa shape index (κ2) is 4.86. The van der Waals surface area contributed by atoms with Crippen LogP contribution in [0.1, 0.15) is 10.6 Å². The van der Waals surface area contributed by atoms with Gasteiger partial charge in [-0.25, -0.2) is 9.18 Å². The van der Waals surface area contributed by atoms with Crippen molar-refractivity contribution in [2.75, 3.05) is 0 Å². The second-order valence-corrected chi connectivity index (χ2v) is 4.51. The van der Waals surface area contributed by atoms with Crippen LogP contribution < -0.4 is 11.4 Å². The molecule has 0 aliphatic carbocycles. The van der Waals surface area contributed by atoms with E-state index in [-0.39, 0.29) is 5.76 Å². The van der Waals surface area contributed by atoms with Crippen LogP contribution in [-0.2, 0) is 0 Å². The normalized spacial score (nSPS) is 10.7. The SMILES string of the molecule is NC(=O)c1oc(=O)c2ccccc2c1-c1ccc(F)cc1. The molecule has 2 aromatic carbocycles. The minimum atomic E-state index is -0.850. The van der Waals surface area contributed by atoms with Crippen LogP contribution in [0.2, 0.25) is 0 Å². The van der Waals surface area contributed by atoms with Crippen LogP contribution in [0.25, 0.3) is 21.9 Å². The van der Waals surface area contributed by atoms with Crippen LogP contribution in [-0.4, -0.2) is 5.91 Å². The van der Waals surface area contributed by atoms with E-state index in [0.717, 1.165) is 0 Å². The van der Waals surface area contributed by atoms with E-state index >= 15 is 0 Å². The van der Waals surface area contributed by atoms with Crippen molar-refractivity contribution in [3.05, 3.63) is 70.5 Å². The van der Waals surface area contributed by atoms with Crippen molar-refractivity contribution in [1.82, 2.24) is 0 Å². The molecule has 1 aromatic heterocycles. The number of amides is 1. The summed E-state index contributed by atoms with van der Waals surface area (Å²) in [6, 6.07) is 12.3. The van der Waals surface area contributed by atoms with Crippen LogP contribution in [0.15, 0.2) is 57.7 Å². The predicted octanol–water partition coefficient (Wildman–Crippen LogP) is 2.70. The Labute approximate surface area is 118 Å². The van der Waals surface area contributed by atoms with E-state index in [2.05, 4.69) is 0 Å². The largest absolute Gasteiger partial charge is 0.416 e. The lowest BCUT2D eigenvalue weighted by atomic mass is 9.98. The van der Waals surface area contributed by atoms with E-state index in [1.807, 2.05) is 0 Å². The summed E-state index contributed by atoms with van der Waals surface area (Å²) in [6.07, 6.45) is 0. The molecule has 1 heterocycles. The Kier molecular flexibility index (Phi) is 3.02. The van der Waals surface area contributed by atoms with Gasteiger partial charge < -0.3 is 10.2 Å². The van der Waals surface area contributed by atoms with Gasteiger partial charge in [0.15, 0.2) is 0 Å². The summed E-state index contributed by atoms with van der Waals surface area (Å²) in [5.74, 6) is -1.48. The summed E-state index contributed by atoms with van der Waals surface area (Å²) >= 11 is 0. The zero-order valence-corrected chi connectivity index (χ0v) is 10.8. The predicted molar refractivity (Wildman–Crippen MR) is 76.4 cm³/mol. The molecule has 0 spiro atoms. The first-order chi connectivity index (χ1) is 10.1. The van der Waals surface area contributed by atoms with E-state index in [1.54, 1.807) is 24.3 Å². The third-order valence-corrected chi connectivity index (χ3v) is 3.19. The van der Waals surface area contributed by atoms with Crippen LogP contribution in [0, 0.1) is 5.82 Å². The number of rotatable bonds is 2. The summed E-state index contributed by atoms with van der Waals surface area (Å²) in [5, 5.41) is 0.871. The van der Waals surface area contributed by atoms with E-state index in [4.69, 9.17) is 10.2 Å². The molecule has 0 fully saturated rings. The highest BCUT2D eigenvalue weighted by Gasteiger charge is 2.19. The van der Waals surface area contributed by atoms with E-state index in [0.29, 0.717) is 21.9 Å². The zero-order valence-electron chi connectivity index (χ0n) is 10.8. The third kappa shape index (κ3) is 2.18. The lowest BCUT2D eigenvalue weighted by molar-refractivity contribution is 0.0971. The second-order valence-electron chi connectivity index (χ2n) is 4.51. The molecule has 21 heavy (non-hydrogen) atoms. The van der Waals surface area contributed by atoms with Gasteiger partial charge in [0.1, 0.15) is 5.82 Å². The van der Waals surface area contributed by atoms with Gasteiger partial charge in [-0.3, -0.25) is 4.79 Å². The highest BCUT2D eigenvalue weighted by Crippen LogP contribution is 2.30. The smallest absolute Gasteiger partial charge is 0.344 e. The highest BCUT2D eigenvalue weighted by molar-refractivity contribution is 6.06. The van der Waals surface area contributed by atoms with Crippen LogP contribution in [0.5, 0.6) is 0 Å². The van der Waals surface area contributed by atoms with Crippen molar-refractivity contribution in [3.63, 3.8) is 0 Å². The first kappa shape index (κ1) is 13.1. The number of nitrogens with two attached hydrogens (primary N) is 1. The average molecular weight is 283 g/mol. The molecule has 3 aromatic rings. The van der Waals surface area contributed by atoms with Gasteiger partial charge in [0, 0.05) is 10.9 Å². The molecule has 2 N–H and O–H groups in total. The topological polar surface area (TPSA) is 73.3 Å². The van der Waals surface area contributed by atoms with Gasteiger partial charge >= 0.3 is 5.63 Å². The van der Waals surface area contributed by atoms with Crippen LogP contribution in [0.3, 0.4) is 0 Å². The zero-order chi connectivity index (χ0) is 15.0. The number of carbonyl (C=O) groups is 1. The first-order valence-electron chi connectivity index (χ1n) is 6.19. The average Bonchev–Trinajstić information content (AvgIpc) is 2.48. The molecule has 0 unspecified atom stereocenters.